The van der Waals surface area contributed by atoms with Crippen molar-refractivity contribution in [1.29, 1.82) is 0 Å². The number of aryl methyl sites for hydroxylation is 1. The number of hydrogen-bond acceptors (Lipinski definition) is 4. The van der Waals surface area contributed by atoms with E-state index in [-0.39, 0.29) is 11.9 Å². The highest BCUT2D eigenvalue weighted by atomic mass is 16.2. The largest absolute Gasteiger partial charge is 0.348 e. The minimum atomic E-state index is -0.699. The van der Waals surface area contributed by atoms with E-state index in [0.717, 1.165) is 50.0 Å². The van der Waals surface area contributed by atoms with Gasteiger partial charge >= 0.3 is 0 Å². The summed E-state index contributed by atoms with van der Waals surface area (Å²) in [6.07, 6.45) is 9.46. The summed E-state index contributed by atoms with van der Waals surface area (Å²) in [7, 11) is 0. The third-order valence-electron chi connectivity index (χ3n) is 9.13. The van der Waals surface area contributed by atoms with Crippen LogP contribution < -0.4 is 11.1 Å². The molecular weight excluding hydrogens is 446 g/mol. The van der Waals surface area contributed by atoms with Gasteiger partial charge in [-0.3, -0.25) is 9.69 Å². The zero-order chi connectivity index (χ0) is 24.7. The molecular formula is C30H39N5O. The SMILES string of the molecule is Cc1nc2ccccc2n1C1CC2CCC(C1)N2CC[C@@H](NC(=O)C1(N)CCCC1)c1ccccc1. The molecule has 3 atom stereocenters. The molecule has 3 aliphatic rings. The number of imidazole rings is 1. The molecule has 2 aliphatic heterocycles. The smallest absolute Gasteiger partial charge is 0.240 e. The van der Waals surface area contributed by atoms with Crippen LogP contribution in [-0.4, -0.2) is 44.5 Å². The second-order valence-corrected chi connectivity index (χ2v) is 11.4. The van der Waals surface area contributed by atoms with Crippen molar-refractivity contribution < 1.29 is 4.79 Å². The fourth-order valence-corrected chi connectivity index (χ4v) is 7.27. The molecule has 3 N–H and O–H groups in total. The van der Waals surface area contributed by atoms with Gasteiger partial charge in [0.1, 0.15) is 5.82 Å². The van der Waals surface area contributed by atoms with E-state index in [2.05, 4.69) is 70.2 Å². The number of amides is 1. The van der Waals surface area contributed by atoms with E-state index in [1.54, 1.807) is 0 Å². The van der Waals surface area contributed by atoms with Crippen LogP contribution in [0.15, 0.2) is 54.6 Å². The number of para-hydroxylation sites is 2. The number of nitrogens with two attached hydrogens (primary N) is 1. The van der Waals surface area contributed by atoms with Gasteiger partial charge in [0.15, 0.2) is 0 Å². The van der Waals surface area contributed by atoms with E-state index in [4.69, 9.17) is 10.7 Å². The summed E-state index contributed by atoms with van der Waals surface area (Å²) in [5.74, 6) is 1.15. The Morgan fingerprint density at radius 1 is 1.03 bits per heavy atom. The first-order valence-electron chi connectivity index (χ1n) is 13.9. The molecule has 1 aliphatic carbocycles. The topological polar surface area (TPSA) is 76.2 Å². The van der Waals surface area contributed by atoms with Crippen molar-refractivity contribution in [3.8, 4) is 0 Å². The highest BCUT2D eigenvalue weighted by molar-refractivity contribution is 5.86. The maximum atomic E-state index is 13.2. The Morgan fingerprint density at radius 3 is 2.42 bits per heavy atom. The Kier molecular flexibility index (Phi) is 6.34. The molecule has 36 heavy (non-hydrogen) atoms. The van der Waals surface area contributed by atoms with Gasteiger partial charge in [0.05, 0.1) is 22.6 Å². The molecule has 3 aromatic rings. The summed E-state index contributed by atoms with van der Waals surface area (Å²) in [6.45, 7) is 3.15. The van der Waals surface area contributed by atoms with Crippen molar-refractivity contribution >= 4 is 16.9 Å². The molecule has 2 aromatic carbocycles. The zero-order valence-corrected chi connectivity index (χ0v) is 21.4. The van der Waals surface area contributed by atoms with Crippen molar-refractivity contribution in [2.24, 2.45) is 5.73 Å². The fourth-order valence-electron chi connectivity index (χ4n) is 7.27. The lowest BCUT2D eigenvalue weighted by atomic mass is 9.94. The molecule has 1 saturated carbocycles. The van der Waals surface area contributed by atoms with Crippen molar-refractivity contribution in [3.63, 3.8) is 0 Å². The summed E-state index contributed by atoms with van der Waals surface area (Å²) in [4.78, 5) is 20.8. The molecule has 2 saturated heterocycles. The van der Waals surface area contributed by atoms with Gasteiger partial charge in [-0.25, -0.2) is 4.98 Å². The number of hydrogen-bond donors (Lipinski definition) is 2. The summed E-state index contributed by atoms with van der Waals surface area (Å²) in [5.41, 5.74) is 9.35. The molecule has 6 nitrogen and oxygen atoms in total. The van der Waals surface area contributed by atoms with E-state index in [1.807, 2.05) is 6.07 Å². The average molecular weight is 486 g/mol. The molecule has 3 heterocycles. The van der Waals surface area contributed by atoms with Crippen LogP contribution in [0.1, 0.15) is 81.3 Å². The van der Waals surface area contributed by atoms with Crippen LogP contribution >= 0.6 is 0 Å². The lowest BCUT2D eigenvalue weighted by Crippen LogP contribution is -2.53. The van der Waals surface area contributed by atoms with Crippen molar-refractivity contribution in [3.05, 3.63) is 66.0 Å². The number of nitrogens with zero attached hydrogens (tertiary/aromatic N) is 3. The van der Waals surface area contributed by atoms with E-state index < -0.39 is 5.54 Å². The number of benzene rings is 2. The normalized spacial score (nSPS) is 26.3. The third-order valence-corrected chi connectivity index (χ3v) is 9.13. The molecule has 1 aromatic heterocycles. The van der Waals surface area contributed by atoms with E-state index >= 15 is 0 Å². The van der Waals surface area contributed by atoms with Crippen LogP contribution in [-0.2, 0) is 4.79 Å². The van der Waals surface area contributed by atoms with Crippen LogP contribution in [0.5, 0.6) is 0 Å². The number of carbonyl (C=O) groups excluding carboxylic acids is 1. The van der Waals surface area contributed by atoms with Crippen molar-refractivity contribution in [2.75, 3.05) is 6.54 Å². The lowest BCUT2D eigenvalue weighted by Gasteiger charge is -2.40. The number of piperidine rings is 1. The Balaban J connectivity index is 1.16. The Morgan fingerprint density at radius 2 is 1.69 bits per heavy atom. The highest BCUT2D eigenvalue weighted by Crippen LogP contribution is 2.42. The van der Waals surface area contributed by atoms with Crippen LogP contribution in [0.25, 0.3) is 11.0 Å². The van der Waals surface area contributed by atoms with E-state index in [1.165, 1.54) is 36.8 Å². The molecule has 1 amide bonds. The van der Waals surface area contributed by atoms with Gasteiger partial charge in [0.2, 0.25) is 5.91 Å². The van der Waals surface area contributed by atoms with Crippen LogP contribution in [0, 0.1) is 6.92 Å². The Hall–Kier alpha value is -2.70. The van der Waals surface area contributed by atoms with Gasteiger partial charge in [-0.2, -0.15) is 0 Å². The number of carbonyl (C=O) groups is 1. The fraction of sp³-hybridized carbons (Fsp3) is 0.533. The molecule has 0 spiro atoms. The van der Waals surface area contributed by atoms with Gasteiger partial charge in [0.25, 0.3) is 0 Å². The first kappa shape index (κ1) is 23.7. The van der Waals surface area contributed by atoms with Crippen LogP contribution in [0.3, 0.4) is 0 Å². The van der Waals surface area contributed by atoms with Crippen molar-refractivity contribution in [2.45, 2.75) is 94.4 Å². The van der Waals surface area contributed by atoms with Gasteiger partial charge in [-0.15, -0.1) is 0 Å². The van der Waals surface area contributed by atoms with Gasteiger partial charge in [-0.05, 0) is 69.6 Å². The highest BCUT2D eigenvalue weighted by Gasteiger charge is 2.42. The van der Waals surface area contributed by atoms with Gasteiger partial charge in [0, 0.05) is 24.7 Å². The Bertz CT molecular complexity index is 1200. The second kappa shape index (κ2) is 9.64. The summed E-state index contributed by atoms with van der Waals surface area (Å²) >= 11 is 0. The molecule has 3 fully saturated rings. The standard InChI is InChI=1S/C30H39N5O/c1-21-32-27-11-5-6-12-28(27)35(21)25-19-23-13-14-24(20-25)34(23)18-15-26(22-9-3-2-4-10-22)33-29(36)30(31)16-7-8-17-30/h2-6,9-12,23-26H,7-8,13-20,31H2,1H3,(H,33,36)/t23?,24?,25?,26-/m1/s1. The molecule has 6 rings (SSSR count). The summed E-state index contributed by atoms with van der Waals surface area (Å²) in [5, 5.41) is 3.36. The molecule has 6 heteroatoms. The predicted molar refractivity (Wildman–Crippen MR) is 144 cm³/mol. The minimum Gasteiger partial charge on any atom is -0.348 e. The number of fused-ring (bicyclic) bond motifs is 3. The maximum Gasteiger partial charge on any atom is 0.240 e. The quantitative estimate of drug-likeness (QED) is 0.492. The Labute approximate surface area is 214 Å². The van der Waals surface area contributed by atoms with Crippen LogP contribution in [0.2, 0.25) is 0 Å². The van der Waals surface area contributed by atoms with Crippen LogP contribution in [0.4, 0.5) is 0 Å². The molecule has 190 valence electrons. The van der Waals surface area contributed by atoms with Crippen molar-refractivity contribution in [1.82, 2.24) is 19.8 Å². The number of nitrogens with one attached hydrogen (secondary N) is 1. The van der Waals surface area contributed by atoms with Gasteiger partial charge < -0.3 is 15.6 Å². The van der Waals surface area contributed by atoms with E-state index in [0.29, 0.717) is 18.1 Å². The van der Waals surface area contributed by atoms with Gasteiger partial charge in [-0.1, -0.05) is 55.3 Å². The summed E-state index contributed by atoms with van der Waals surface area (Å²) < 4.78 is 2.49. The lowest BCUT2D eigenvalue weighted by molar-refractivity contribution is -0.127. The first-order valence-corrected chi connectivity index (χ1v) is 13.9. The summed E-state index contributed by atoms with van der Waals surface area (Å²) in [6, 6.07) is 20.7. The average Bonchev–Trinajstić information content (AvgIpc) is 3.55. The zero-order valence-electron chi connectivity index (χ0n) is 21.4. The minimum absolute atomic E-state index is 0.00307. The predicted octanol–water partition coefficient (Wildman–Crippen LogP) is 5.03. The number of aromatic nitrogens is 2. The second-order valence-electron chi connectivity index (χ2n) is 11.4. The maximum absolute atomic E-state index is 13.2. The number of rotatable bonds is 7. The monoisotopic (exact) mass is 485 g/mol. The third kappa shape index (κ3) is 4.35. The molecule has 2 bridgehead atoms. The van der Waals surface area contributed by atoms with E-state index in [9.17, 15) is 4.79 Å². The molecule has 0 radical (unpaired) electrons. The molecule has 2 unspecified atom stereocenters. The first-order chi connectivity index (χ1) is 17.5.